The third kappa shape index (κ3) is 19.3. The Balaban J connectivity index is 1.72. The molecule has 0 fully saturated rings. The summed E-state index contributed by atoms with van der Waals surface area (Å²) in [6.45, 7) is 4.25. The smallest absolute Gasteiger partial charge is 0.493 e. The number of carbonyl (C=O) groups is 2. The molecule has 0 spiro atoms. The Kier molecular flexibility index (Phi) is 22.4. The first-order valence-electron chi connectivity index (χ1n) is 22.5. The highest BCUT2D eigenvalue weighted by Crippen LogP contribution is 2.44. The van der Waals surface area contributed by atoms with Crippen LogP contribution in [0.15, 0.2) is 71.9 Å². The first-order chi connectivity index (χ1) is 35.6. The van der Waals surface area contributed by atoms with Crippen LogP contribution in [0.3, 0.4) is 0 Å². The summed E-state index contributed by atoms with van der Waals surface area (Å²) in [5, 5.41) is 38.3. The second-order valence-electron chi connectivity index (χ2n) is 16.5. The van der Waals surface area contributed by atoms with Crippen molar-refractivity contribution in [3.63, 3.8) is 0 Å². The Hall–Kier alpha value is -8.71. The Morgan fingerprint density at radius 3 is 1.88 bits per heavy atom. The molecular formula is C43H53N9O22S. The van der Waals surface area contributed by atoms with Crippen molar-refractivity contribution in [3.8, 4) is 34.8 Å². The number of ether oxygens (including phenoxy) is 6. The van der Waals surface area contributed by atoms with Crippen LogP contribution in [0.2, 0.25) is 0 Å². The van der Waals surface area contributed by atoms with Gasteiger partial charge in [0.15, 0.2) is 29.4 Å². The lowest BCUT2D eigenvalue weighted by Gasteiger charge is -2.30. The monoisotopic (exact) mass is 1080 g/mol. The molecule has 32 heteroatoms. The van der Waals surface area contributed by atoms with E-state index in [2.05, 4.69) is 39.3 Å². The van der Waals surface area contributed by atoms with E-state index < -0.39 is 110 Å². The minimum atomic E-state index is -4.90. The van der Waals surface area contributed by atoms with Gasteiger partial charge in [-0.3, -0.25) is 4.79 Å². The summed E-state index contributed by atoms with van der Waals surface area (Å²) in [7, 11) is -3.56. The Bertz CT molecular complexity index is 2660. The molecule has 0 aliphatic heterocycles. The molecule has 4 rings (SSSR count). The van der Waals surface area contributed by atoms with Crippen molar-refractivity contribution in [1.29, 1.82) is 0 Å². The molecule has 408 valence electrons. The summed E-state index contributed by atoms with van der Waals surface area (Å²) in [6, 6.07) is 13.5. The van der Waals surface area contributed by atoms with Crippen molar-refractivity contribution >= 4 is 28.0 Å². The lowest BCUT2D eigenvalue weighted by Crippen LogP contribution is -2.42. The minimum Gasteiger partial charge on any atom is -0.493 e. The molecule has 4 aromatic rings. The van der Waals surface area contributed by atoms with Crippen molar-refractivity contribution in [3.05, 3.63) is 113 Å². The van der Waals surface area contributed by atoms with Gasteiger partial charge in [0.25, 0.3) is 36.2 Å². The summed E-state index contributed by atoms with van der Waals surface area (Å²) >= 11 is 0. The summed E-state index contributed by atoms with van der Waals surface area (Å²) in [6.07, 6.45) is -3.03. The van der Waals surface area contributed by atoms with Crippen LogP contribution < -0.4 is 18.5 Å². The molecule has 0 aliphatic rings. The fourth-order valence-corrected chi connectivity index (χ4v) is 8.03. The zero-order valence-corrected chi connectivity index (χ0v) is 41.8. The molecule has 0 radical (unpaired) electrons. The quantitative estimate of drug-likeness (QED) is 0.0175. The summed E-state index contributed by atoms with van der Waals surface area (Å²) in [4.78, 5) is 103. The van der Waals surface area contributed by atoms with Gasteiger partial charge in [-0.1, -0.05) is 51.5 Å². The second-order valence-corrected chi connectivity index (χ2v) is 18.3. The van der Waals surface area contributed by atoms with Crippen molar-refractivity contribution in [2.24, 2.45) is 0 Å². The molecule has 0 aliphatic carbocycles. The van der Waals surface area contributed by atoms with Crippen LogP contribution >= 0.6 is 0 Å². The largest absolute Gasteiger partial charge is 0.510 e. The van der Waals surface area contributed by atoms with E-state index in [1.54, 1.807) is 24.3 Å². The first kappa shape index (κ1) is 58.9. The molecule has 0 saturated carbocycles. The van der Waals surface area contributed by atoms with E-state index in [0.29, 0.717) is 4.31 Å². The van der Waals surface area contributed by atoms with Gasteiger partial charge in [-0.05, 0) is 80.3 Å². The third-order valence-corrected chi connectivity index (χ3v) is 11.9. The molecule has 3 atom stereocenters. The standard InChI is InChI=1S/C43H53N9O22S/c1-29(71-42(54)68-24-10-6-7-13-31(73-51(59)60)27-69-49(55)56)48(75(63,64)33-20-18-30(19-21-33)43(2,3)4)40-37(72-35-16-9-8-15-34(35)65-5)41(47-39(46-40)38-44-22-12-23-45-38)67-26-25-66-36(53)17-11-14-32(74-52(61)62)28-70-50(57)58/h8-9,12,15-16,18-23,29,31-32H,6-7,10-11,13-14,17,24-28H2,1-5H3. The number of sulfonamides is 1. The fraction of sp³-hybridized carbons (Fsp3) is 0.488. The van der Waals surface area contributed by atoms with Crippen molar-refractivity contribution in [2.45, 2.75) is 101 Å². The Morgan fingerprint density at radius 1 is 0.707 bits per heavy atom. The lowest BCUT2D eigenvalue weighted by atomic mass is 9.87. The molecule has 3 unspecified atom stereocenters. The van der Waals surface area contributed by atoms with Crippen LogP contribution in [0.5, 0.6) is 23.1 Å². The number of unbranched alkanes of at least 4 members (excludes halogenated alkanes) is 2. The molecule has 2 heterocycles. The number of para-hydroxylation sites is 2. The summed E-state index contributed by atoms with van der Waals surface area (Å²) < 4.78 is 65.1. The van der Waals surface area contributed by atoms with Gasteiger partial charge in [0.05, 0.1) is 18.6 Å². The number of rotatable bonds is 33. The maximum Gasteiger partial charge on any atom is 0.510 e. The zero-order valence-electron chi connectivity index (χ0n) is 41.0. The summed E-state index contributed by atoms with van der Waals surface area (Å²) in [5.74, 6) is -2.79. The molecular weight excluding hydrogens is 1030 g/mol. The van der Waals surface area contributed by atoms with E-state index in [1.165, 1.54) is 56.8 Å². The Morgan fingerprint density at radius 2 is 1.31 bits per heavy atom. The zero-order chi connectivity index (χ0) is 55.1. The van der Waals surface area contributed by atoms with Crippen molar-refractivity contribution < 1.29 is 86.1 Å². The number of esters is 1. The average molecular weight is 1080 g/mol. The van der Waals surface area contributed by atoms with E-state index in [1.807, 2.05) is 20.8 Å². The predicted octanol–water partition coefficient (Wildman–Crippen LogP) is 5.95. The maximum absolute atomic E-state index is 15.2. The fourth-order valence-electron chi connectivity index (χ4n) is 6.54. The number of carbonyl (C=O) groups excluding carboxylic acids is 2. The number of nitrogens with zero attached hydrogens (tertiary/aromatic N) is 9. The van der Waals surface area contributed by atoms with Crippen LogP contribution in [-0.2, 0) is 53.8 Å². The first-order valence-corrected chi connectivity index (χ1v) is 24.0. The van der Waals surface area contributed by atoms with Crippen LogP contribution in [-0.4, -0.2) is 119 Å². The van der Waals surface area contributed by atoms with Gasteiger partial charge < -0.3 is 47.8 Å². The average Bonchev–Trinajstić information content (AvgIpc) is 3.35. The van der Waals surface area contributed by atoms with Crippen LogP contribution in [0.1, 0.15) is 78.2 Å². The Labute approximate surface area is 426 Å². The second kappa shape index (κ2) is 28.5. The SMILES string of the molecule is COc1ccccc1Oc1c(OCCOC(=O)CCCC(CO[N+](=O)[O-])O[N+](=O)[O-])nc(-c2ncccn2)nc1N(C(C)OC(=O)OCCCCCC(CO[N+](=O)[O-])O[N+](=O)[O-])S(=O)(=O)c1ccc(C(C)(C)C)cc1. The van der Waals surface area contributed by atoms with E-state index in [9.17, 15) is 50.0 Å². The van der Waals surface area contributed by atoms with Crippen LogP contribution in [0.25, 0.3) is 11.6 Å². The van der Waals surface area contributed by atoms with Gasteiger partial charge in [0.1, 0.15) is 38.6 Å². The molecule has 75 heavy (non-hydrogen) atoms. The number of aromatic nitrogens is 4. The molecule has 0 bridgehead atoms. The third-order valence-electron chi connectivity index (χ3n) is 10.0. The normalized spacial score (nSPS) is 12.4. The van der Waals surface area contributed by atoms with Gasteiger partial charge in [-0.25, -0.2) is 32.5 Å². The predicted molar refractivity (Wildman–Crippen MR) is 251 cm³/mol. The maximum atomic E-state index is 15.2. The number of methoxy groups -OCH3 is 1. The number of benzene rings is 2. The highest BCUT2D eigenvalue weighted by Gasteiger charge is 2.39. The van der Waals surface area contributed by atoms with E-state index in [-0.39, 0.29) is 79.6 Å². The molecule has 31 nitrogen and oxygen atoms in total. The summed E-state index contributed by atoms with van der Waals surface area (Å²) in [5.41, 5.74) is 0.364. The van der Waals surface area contributed by atoms with Gasteiger partial charge in [-0.15, -0.1) is 40.5 Å². The molecule has 0 N–H and O–H groups in total. The molecule has 2 aromatic heterocycles. The number of hydrogen-bond acceptors (Lipinski definition) is 26. The van der Waals surface area contributed by atoms with E-state index in [0.717, 1.165) is 5.56 Å². The van der Waals surface area contributed by atoms with E-state index in [4.69, 9.17) is 28.4 Å². The van der Waals surface area contributed by atoms with Gasteiger partial charge in [0, 0.05) is 18.8 Å². The van der Waals surface area contributed by atoms with Crippen molar-refractivity contribution in [1.82, 2.24) is 19.9 Å². The van der Waals surface area contributed by atoms with Crippen molar-refractivity contribution in [2.75, 3.05) is 44.4 Å². The van der Waals surface area contributed by atoms with Gasteiger partial charge in [-0.2, -0.15) is 4.98 Å². The van der Waals surface area contributed by atoms with Gasteiger partial charge in [0.2, 0.25) is 11.6 Å². The van der Waals surface area contributed by atoms with Crippen LogP contribution in [0.4, 0.5) is 10.6 Å². The topological polar surface area (TPSA) is 388 Å². The lowest BCUT2D eigenvalue weighted by molar-refractivity contribution is -0.790. The molecule has 0 saturated heterocycles. The highest BCUT2D eigenvalue weighted by atomic mass is 32.2. The van der Waals surface area contributed by atoms with Gasteiger partial charge >= 0.3 is 12.1 Å². The number of hydrogen-bond donors (Lipinski definition) is 0. The van der Waals surface area contributed by atoms with Crippen LogP contribution in [0, 0.1) is 40.5 Å². The molecule has 0 amide bonds. The molecule has 2 aromatic carbocycles. The highest BCUT2D eigenvalue weighted by molar-refractivity contribution is 7.92. The minimum absolute atomic E-state index is 0.0192. The number of anilines is 1. The van der Waals surface area contributed by atoms with E-state index >= 15 is 8.42 Å².